The Kier molecular flexibility index (Phi) is 17.6. The first-order valence-corrected chi connectivity index (χ1v) is 8.98. The molecule has 4 nitrogen and oxygen atoms in total. The molecule has 0 saturated heterocycles. The molecule has 0 amide bonds. The molecule has 0 aromatic rings. The second-order valence-electron chi connectivity index (χ2n) is 4.72. The van der Waals surface area contributed by atoms with Crippen LogP contribution >= 0.6 is 15.9 Å². The van der Waals surface area contributed by atoms with Crippen LogP contribution in [0.3, 0.4) is 0 Å². The first-order valence-electron chi connectivity index (χ1n) is 7.86. The second kappa shape index (κ2) is 17.4. The summed E-state index contributed by atoms with van der Waals surface area (Å²) >= 11 is 3.48. The van der Waals surface area contributed by atoms with Crippen molar-refractivity contribution in [2.45, 2.75) is 33.1 Å². The normalized spacial score (nSPS) is 11.4. The van der Waals surface area contributed by atoms with Crippen LogP contribution < -0.4 is 0 Å². The minimum absolute atomic E-state index is 0.656. The van der Waals surface area contributed by atoms with Crippen LogP contribution in [0.2, 0.25) is 0 Å². The SMILES string of the molecule is CCCCOCCOCCOCCN(CCC)CCBr. The van der Waals surface area contributed by atoms with E-state index < -0.39 is 0 Å². The third-order valence-corrected chi connectivity index (χ3v) is 3.23. The number of unbranched alkanes of at least 4 members (excludes halogenated alkanes) is 1. The Balaban J connectivity index is 3.18. The van der Waals surface area contributed by atoms with Crippen LogP contribution in [-0.2, 0) is 14.2 Å². The summed E-state index contributed by atoms with van der Waals surface area (Å²) in [6, 6.07) is 0. The first-order chi connectivity index (χ1) is 9.85. The van der Waals surface area contributed by atoms with Crippen molar-refractivity contribution in [2.24, 2.45) is 0 Å². The molecular formula is C15H32BrNO3. The largest absolute Gasteiger partial charge is 0.379 e. The molecule has 20 heavy (non-hydrogen) atoms. The first kappa shape index (κ1) is 20.3. The molecule has 0 radical (unpaired) electrons. The van der Waals surface area contributed by atoms with Gasteiger partial charge in [0.2, 0.25) is 0 Å². The van der Waals surface area contributed by atoms with Gasteiger partial charge in [0.05, 0.1) is 33.0 Å². The summed E-state index contributed by atoms with van der Waals surface area (Å²) in [6.45, 7) is 11.9. The molecule has 0 bridgehead atoms. The maximum Gasteiger partial charge on any atom is 0.0701 e. The predicted octanol–water partition coefficient (Wildman–Crippen LogP) is 2.94. The van der Waals surface area contributed by atoms with Gasteiger partial charge in [0.1, 0.15) is 0 Å². The van der Waals surface area contributed by atoms with E-state index in [9.17, 15) is 0 Å². The number of rotatable bonds is 16. The highest BCUT2D eigenvalue weighted by Gasteiger charge is 2.02. The van der Waals surface area contributed by atoms with Crippen LogP contribution in [0.4, 0.5) is 0 Å². The van der Waals surface area contributed by atoms with E-state index in [0.29, 0.717) is 26.4 Å². The van der Waals surface area contributed by atoms with E-state index >= 15 is 0 Å². The molecule has 0 atom stereocenters. The average Bonchev–Trinajstić information content (AvgIpc) is 2.45. The zero-order valence-corrected chi connectivity index (χ0v) is 14.8. The van der Waals surface area contributed by atoms with Gasteiger partial charge in [-0.2, -0.15) is 0 Å². The van der Waals surface area contributed by atoms with E-state index in [1.54, 1.807) is 0 Å². The average molecular weight is 354 g/mol. The summed E-state index contributed by atoms with van der Waals surface area (Å²) in [4.78, 5) is 2.41. The Morgan fingerprint density at radius 1 is 0.700 bits per heavy atom. The van der Waals surface area contributed by atoms with E-state index in [1.165, 1.54) is 12.8 Å². The Labute approximate surface area is 133 Å². The number of halogens is 1. The highest BCUT2D eigenvalue weighted by molar-refractivity contribution is 9.09. The minimum atomic E-state index is 0.656. The zero-order chi connectivity index (χ0) is 14.9. The number of alkyl halides is 1. The minimum Gasteiger partial charge on any atom is -0.379 e. The third-order valence-electron chi connectivity index (χ3n) is 2.88. The molecule has 0 aliphatic carbocycles. The molecular weight excluding hydrogens is 322 g/mol. The summed E-state index contributed by atoms with van der Waals surface area (Å²) in [5, 5.41) is 1.02. The Bertz CT molecular complexity index is 179. The zero-order valence-electron chi connectivity index (χ0n) is 13.2. The maximum atomic E-state index is 5.58. The van der Waals surface area contributed by atoms with Crippen LogP contribution in [0.1, 0.15) is 33.1 Å². The smallest absolute Gasteiger partial charge is 0.0701 e. The van der Waals surface area contributed by atoms with Crippen molar-refractivity contribution >= 4 is 15.9 Å². The molecule has 0 unspecified atom stereocenters. The van der Waals surface area contributed by atoms with Crippen molar-refractivity contribution < 1.29 is 14.2 Å². The third kappa shape index (κ3) is 14.7. The molecule has 0 saturated carbocycles. The summed E-state index contributed by atoms with van der Waals surface area (Å²) in [6.07, 6.45) is 3.50. The molecule has 0 aliphatic heterocycles. The summed E-state index contributed by atoms with van der Waals surface area (Å²) in [7, 11) is 0. The summed E-state index contributed by atoms with van der Waals surface area (Å²) in [5.41, 5.74) is 0. The van der Waals surface area contributed by atoms with Crippen molar-refractivity contribution in [3.05, 3.63) is 0 Å². The van der Waals surface area contributed by atoms with Crippen molar-refractivity contribution in [3.63, 3.8) is 0 Å². The van der Waals surface area contributed by atoms with Gasteiger partial charge in [-0.25, -0.2) is 0 Å². The number of hydrogen-bond acceptors (Lipinski definition) is 4. The highest BCUT2D eigenvalue weighted by Crippen LogP contribution is 1.94. The van der Waals surface area contributed by atoms with Crippen LogP contribution in [0.25, 0.3) is 0 Å². The molecule has 0 rings (SSSR count). The lowest BCUT2D eigenvalue weighted by atomic mass is 10.4. The standard InChI is InChI=1S/C15H32BrNO3/c1-3-5-10-18-12-14-20-15-13-19-11-9-17(7-4-2)8-6-16/h3-15H2,1-2H3. The van der Waals surface area contributed by atoms with Gasteiger partial charge in [-0.3, -0.25) is 0 Å². The lowest BCUT2D eigenvalue weighted by molar-refractivity contribution is 0.0104. The number of hydrogen-bond donors (Lipinski definition) is 0. The molecule has 0 spiro atoms. The lowest BCUT2D eigenvalue weighted by Gasteiger charge is -2.20. The fraction of sp³-hybridized carbons (Fsp3) is 1.00. The van der Waals surface area contributed by atoms with Gasteiger partial charge in [-0.15, -0.1) is 0 Å². The van der Waals surface area contributed by atoms with E-state index in [2.05, 4.69) is 34.7 Å². The number of ether oxygens (including phenoxy) is 3. The van der Waals surface area contributed by atoms with Gasteiger partial charge in [-0.05, 0) is 19.4 Å². The molecule has 0 N–H and O–H groups in total. The molecule has 0 aliphatic rings. The predicted molar refractivity (Wildman–Crippen MR) is 87.9 cm³/mol. The molecule has 0 fully saturated rings. The fourth-order valence-electron chi connectivity index (χ4n) is 1.75. The Morgan fingerprint density at radius 2 is 1.30 bits per heavy atom. The van der Waals surface area contributed by atoms with Crippen LogP contribution in [0.15, 0.2) is 0 Å². The lowest BCUT2D eigenvalue weighted by Crippen LogP contribution is -2.30. The van der Waals surface area contributed by atoms with Crippen LogP contribution in [-0.4, -0.2) is 69.5 Å². The molecule has 122 valence electrons. The summed E-state index contributed by atoms with van der Waals surface area (Å²) in [5.74, 6) is 0. The molecule has 0 heterocycles. The van der Waals surface area contributed by atoms with Crippen molar-refractivity contribution in [2.75, 3.05) is 64.6 Å². The van der Waals surface area contributed by atoms with Crippen molar-refractivity contribution in [1.82, 2.24) is 4.90 Å². The Hall–Kier alpha value is 0.320. The van der Waals surface area contributed by atoms with Crippen molar-refractivity contribution in [3.8, 4) is 0 Å². The van der Waals surface area contributed by atoms with Crippen molar-refractivity contribution in [1.29, 1.82) is 0 Å². The maximum absolute atomic E-state index is 5.58. The number of nitrogens with zero attached hydrogens (tertiary/aromatic N) is 1. The molecule has 0 aromatic heterocycles. The van der Waals surface area contributed by atoms with E-state index in [-0.39, 0.29) is 0 Å². The summed E-state index contributed by atoms with van der Waals surface area (Å²) < 4.78 is 16.4. The Morgan fingerprint density at radius 3 is 1.85 bits per heavy atom. The van der Waals surface area contributed by atoms with Gasteiger partial charge < -0.3 is 19.1 Å². The van der Waals surface area contributed by atoms with Gasteiger partial charge in [0.25, 0.3) is 0 Å². The van der Waals surface area contributed by atoms with Gasteiger partial charge >= 0.3 is 0 Å². The van der Waals surface area contributed by atoms with Gasteiger partial charge in [0, 0.05) is 25.0 Å². The monoisotopic (exact) mass is 353 g/mol. The van der Waals surface area contributed by atoms with E-state index in [1.807, 2.05) is 0 Å². The molecule has 0 aromatic carbocycles. The molecule has 5 heteroatoms. The van der Waals surface area contributed by atoms with Gasteiger partial charge in [0.15, 0.2) is 0 Å². The quantitative estimate of drug-likeness (QED) is 0.315. The second-order valence-corrected chi connectivity index (χ2v) is 5.51. The van der Waals surface area contributed by atoms with Crippen LogP contribution in [0.5, 0.6) is 0 Å². The van der Waals surface area contributed by atoms with E-state index in [4.69, 9.17) is 14.2 Å². The topological polar surface area (TPSA) is 30.9 Å². The van der Waals surface area contributed by atoms with Gasteiger partial charge in [-0.1, -0.05) is 36.2 Å². The fourth-order valence-corrected chi connectivity index (χ4v) is 2.25. The highest BCUT2D eigenvalue weighted by atomic mass is 79.9. The van der Waals surface area contributed by atoms with Crippen LogP contribution in [0, 0.1) is 0 Å². The van der Waals surface area contributed by atoms with E-state index in [0.717, 1.165) is 44.6 Å².